The summed E-state index contributed by atoms with van der Waals surface area (Å²) in [5.41, 5.74) is 5.19. The van der Waals surface area contributed by atoms with Gasteiger partial charge in [-0.1, -0.05) is 6.92 Å². The lowest BCUT2D eigenvalue weighted by Gasteiger charge is -2.13. The van der Waals surface area contributed by atoms with E-state index in [-0.39, 0.29) is 17.9 Å². The van der Waals surface area contributed by atoms with Gasteiger partial charge in [0, 0.05) is 0 Å². The lowest BCUT2D eigenvalue weighted by molar-refractivity contribution is -0.122. The number of hydrogen-bond donors (Lipinski definition) is 2. The first-order valence-corrected chi connectivity index (χ1v) is 5.29. The molecule has 98 valence electrons. The highest BCUT2D eigenvalue weighted by Crippen LogP contribution is 2.28. The smallest absolute Gasteiger partial charge is 0.335 e. The zero-order chi connectivity index (χ0) is 13.7. The maximum atomic E-state index is 10.9. The molecule has 6 heteroatoms. The Morgan fingerprint density at radius 2 is 2.06 bits per heavy atom. The minimum atomic E-state index is -1.06. The van der Waals surface area contributed by atoms with Gasteiger partial charge >= 0.3 is 5.97 Å². The summed E-state index contributed by atoms with van der Waals surface area (Å²) in [6, 6.07) is 4.24. The molecule has 0 aromatic heterocycles. The Morgan fingerprint density at radius 1 is 1.39 bits per heavy atom. The van der Waals surface area contributed by atoms with E-state index in [1.54, 1.807) is 6.92 Å². The molecule has 6 nitrogen and oxygen atoms in total. The average Bonchev–Trinajstić information content (AvgIpc) is 2.35. The minimum Gasteiger partial charge on any atom is -0.493 e. The standard InChI is InChI=1S/C12H15NO5/c1-7(11(13)14)6-18-10-5-8(12(15)16)3-4-9(10)17-2/h3-5,7H,6H2,1-2H3,(H2,13,14)(H,15,16). The monoisotopic (exact) mass is 253 g/mol. The van der Waals surface area contributed by atoms with Crippen LogP contribution in [0.5, 0.6) is 11.5 Å². The first kappa shape index (κ1) is 13.8. The first-order valence-electron chi connectivity index (χ1n) is 5.29. The van der Waals surface area contributed by atoms with Crippen molar-refractivity contribution in [2.45, 2.75) is 6.92 Å². The molecule has 0 aliphatic heterocycles. The maximum absolute atomic E-state index is 10.9. The number of nitrogens with two attached hydrogens (primary N) is 1. The Kier molecular flexibility index (Phi) is 4.53. The number of methoxy groups -OCH3 is 1. The van der Waals surface area contributed by atoms with Crippen molar-refractivity contribution >= 4 is 11.9 Å². The van der Waals surface area contributed by atoms with Crippen LogP contribution in [0, 0.1) is 5.92 Å². The summed E-state index contributed by atoms with van der Waals surface area (Å²) in [5.74, 6) is -1.35. The Labute approximate surface area is 104 Å². The van der Waals surface area contributed by atoms with E-state index in [1.807, 2.05) is 0 Å². The van der Waals surface area contributed by atoms with Gasteiger partial charge in [0.2, 0.25) is 5.91 Å². The Morgan fingerprint density at radius 3 is 2.56 bits per heavy atom. The van der Waals surface area contributed by atoms with Gasteiger partial charge in [-0.05, 0) is 18.2 Å². The van der Waals surface area contributed by atoms with Gasteiger partial charge in [-0.2, -0.15) is 0 Å². The summed E-state index contributed by atoms with van der Waals surface area (Å²) in [7, 11) is 1.44. The lowest BCUT2D eigenvalue weighted by Crippen LogP contribution is -2.25. The van der Waals surface area contributed by atoms with Gasteiger partial charge in [0.25, 0.3) is 0 Å². The van der Waals surface area contributed by atoms with Crippen molar-refractivity contribution in [3.8, 4) is 11.5 Å². The number of amides is 1. The summed E-state index contributed by atoms with van der Waals surface area (Å²) in [6.07, 6.45) is 0. The lowest BCUT2D eigenvalue weighted by atomic mass is 10.2. The molecule has 18 heavy (non-hydrogen) atoms. The molecule has 1 rings (SSSR count). The highest BCUT2D eigenvalue weighted by Gasteiger charge is 2.13. The Hall–Kier alpha value is -2.24. The van der Waals surface area contributed by atoms with Crippen LogP contribution in [0.25, 0.3) is 0 Å². The third-order valence-corrected chi connectivity index (χ3v) is 2.39. The second-order valence-corrected chi connectivity index (χ2v) is 3.79. The molecule has 0 heterocycles. The zero-order valence-electron chi connectivity index (χ0n) is 10.2. The van der Waals surface area contributed by atoms with Crippen molar-refractivity contribution in [2.75, 3.05) is 13.7 Å². The quantitative estimate of drug-likeness (QED) is 0.784. The van der Waals surface area contributed by atoms with Crippen LogP contribution in [0.15, 0.2) is 18.2 Å². The summed E-state index contributed by atoms with van der Waals surface area (Å²) in [6.45, 7) is 1.69. The molecule has 0 radical (unpaired) electrons. The highest BCUT2D eigenvalue weighted by molar-refractivity contribution is 5.88. The molecule has 0 aliphatic carbocycles. The summed E-state index contributed by atoms with van der Waals surface area (Å²) in [4.78, 5) is 21.7. The topological polar surface area (TPSA) is 98.8 Å². The molecule has 0 aliphatic rings. The molecule has 0 spiro atoms. The van der Waals surface area contributed by atoms with Crippen LogP contribution in [0.2, 0.25) is 0 Å². The van der Waals surface area contributed by atoms with Crippen LogP contribution in [-0.4, -0.2) is 30.7 Å². The number of carbonyl (C=O) groups excluding carboxylic acids is 1. The van der Waals surface area contributed by atoms with Crippen LogP contribution in [-0.2, 0) is 4.79 Å². The number of benzene rings is 1. The number of carbonyl (C=O) groups is 2. The molecule has 0 bridgehead atoms. The van der Waals surface area contributed by atoms with Gasteiger partial charge in [0.1, 0.15) is 0 Å². The van der Waals surface area contributed by atoms with Crippen molar-refractivity contribution in [3.05, 3.63) is 23.8 Å². The van der Waals surface area contributed by atoms with Crippen LogP contribution in [0.3, 0.4) is 0 Å². The largest absolute Gasteiger partial charge is 0.493 e. The number of rotatable bonds is 6. The summed E-state index contributed by atoms with van der Waals surface area (Å²) < 4.78 is 10.4. The Bertz CT molecular complexity index is 458. The molecule has 1 amide bonds. The summed E-state index contributed by atoms with van der Waals surface area (Å²) in [5, 5.41) is 8.87. The predicted molar refractivity (Wildman–Crippen MR) is 63.8 cm³/mol. The molecule has 1 aromatic rings. The van der Waals surface area contributed by atoms with Gasteiger partial charge in [0.15, 0.2) is 11.5 Å². The van der Waals surface area contributed by atoms with E-state index >= 15 is 0 Å². The third kappa shape index (κ3) is 3.38. The van der Waals surface area contributed by atoms with Crippen molar-refractivity contribution in [3.63, 3.8) is 0 Å². The first-order chi connectivity index (χ1) is 8.45. The second kappa shape index (κ2) is 5.90. The van der Waals surface area contributed by atoms with E-state index < -0.39 is 17.8 Å². The fourth-order valence-corrected chi connectivity index (χ4v) is 1.22. The number of carboxylic acid groups (broad SMARTS) is 1. The number of aromatic carboxylic acids is 1. The third-order valence-electron chi connectivity index (χ3n) is 2.39. The normalized spacial score (nSPS) is 11.7. The van der Waals surface area contributed by atoms with Gasteiger partial charge in [-0.3, -0.25) is 4.79 Å². The molecular weight excluding hydrogens is 238 g/mol. The van der Waals surface area contributed by atoms with Crippen molar-refractivity contribution in [1.82, 2.24) is 0 Å². The fraction of sp³-hybridized carbons (Fsp3) is 0.333. The van der Waals surface area contributed by atoms with E-state index in [0.29, 0.717) is 5.75 Å². The van der Waals surface area contributed by atoms with E-state index in [1.165, 1.54) is 25.3 Å². The number of hydrogen-bond acceptors (Lipinski definition) is 4. The van der Waals surface area contributed by atoms with E-state index in [2.05, 4.69) is 0 Å². The molecule has 1 unspecified atom stereocenters. The minimum absolute atomic E-state index is 0.0643. The molecule has 0 saturated heterocycles. The Balaban J connectivity index is 2.88. The van der Waals surface area contributed by atoms with Crippen molar-refractivity contribution in [1.29, 1.82) is 0 Å². The van der Waals surface area contributed by atoms with Crippen LogP contribution in [0.1, 0.15) is 17.3 Å². The molecule has 3 N–H and O–H groups in total. The summed E-state index contributed by atoms with van der Waals surface area (Å²) >= 11 is 0. The SMILES string of the molecule is COc1ccc(C(=O)O)cc1OCC(C)C(N)=O. The van der Waals surface area contributed by atoms with Gasteiger partial charge in [-0.25, -0.2) is 4.79 Å². The fourth-order valence-electron chi connectivity index (χ4n) is 1.22. The molecule has 0 saturated carbocycles. The van der Waals surface area contributed by atoms with Crippen LogP contribution < -0.4 is 15.2 Å². The second-order valence-electron chi connectivity index (χ2n) is 3.79. The van der Waals surface area contributed by atoms with Gasteiger partial charge in [-0.15, -0.1) is 0 Å². The highest BCUT2D eigenvalue weighted by atomic mass is 16.5. The van der Waals surface area contributed by atoms with E-state index in [9.17, 15) is 9.59 Å². The predicted octanol–water partition coefficient (Wildman–Crippen LogP) is 0.894. The van der Waals surface area contributed by atoms with Crippen LogP contribution in [0.4, 0.5) is 0 Å². The number of ether oxygens (including phenoxy) is 2. The molecule has 0 fully saturated rings. The average molecular weight is 253 g/mol. The van der Waals surface area contributed by atoms with Gasteiger partial charge < -0.3 is 20.3 Å². The van der Waals surface area contributed by atoms with E-state index in [4.69, 9.17) is 20.3 Å². The number of primary amides is 1. The van der Waals surface area contributed by atoms with E-state index in [0.717, 1.165) is 0 Å². The molecular formula is C12H15NO5. The number of carboxylic acids is 1. The molecule has 1 atom stereocenters. The molecule has 1 aromatic carbocycles. The van der Waals surface area contributed by atoms with Crippen molar-refractivity contribution in [2.24, 2.45) is 11.7 Å². The maximum Gasteiger partial charge on any atom is 0.335 e. The van der Waals surface area contributed by atoms with Gasteiger partial charge in [0.05, 0.1) is 25.2 Å². The van der Waals surface area contributed by atoms with Crippen LogP contribution >= 0.6 is 0 Å². The zero-order valence-corrected chi connectivity index (χ0v) is 10.2. The van der Waals surface area contributed by atoms with Crippen molar-refractivity contribution < 1.29 is 24.2 Å².